The van der Waals surface area contributed by atoms with Crippen LogP contribution >= 0.6 is 11.6 Å². The molecule has 0 radical (unpaired) electrons. The number of piperidine rings is 1. The van der Waals surface area contributed by atoms with Gasteiger partial charge in [-0.25, -0.2) is 0 Å². The molecule has 1 aliphatic heterocycles. The molecule has 1 saturated heterocycles. The number of amides is 1. The summed E-state index contributed by atoms with van der Waals surface area (Å²) in [6.07, 6.45) is 2.38. The molecule has 2 heterocycles. The highest BCUT2D eigenvalue weighted by Crippen LogP contribution is 2.22. The van der Waals surface area contributed by atoms with Gasteiger partial charge in [0, 0.05) is 41.8 Å². The highest BCUT2D eigenvalue weighted by Gasteiger charge is 2.27. The van der Waals surface area contributed by atoms with Gasteiger partial charge in [-0.3, -0.25) is 9.69 Å². The molecule has 0 saturated carbocycles. The quantitative estimate of drug-likeness (QED) is 0.542. The lowest BCUT2D eigenvalue weighted by atomic mass is 10.0. The first kappa shape index (κ1) is 23.2. The fourth-order valence-corrected chi connectivity index (χ4v) is 4.26. The Balaban J connectivity index is 1.32. The number of nitrogens with zero attached hydrogens (tertiary/aromatic N) is 5. The molecule has 1 aliphatic rings. The molecule has 33 heavy (non-hydrogen) atoms. The summed E-state index contributed by atoms with van der Waals surface area (Å²) >= 11 is 5.95. The second-order valence-electron chi connectivity index (χ2n) is 8.24. The third-order valence-corrected chi connectivity index (χ3v) is 6.27. The number of halogens is 1. The van der Waals surface area contributed by atoms with Gasteiger partial charge in [0.05, 0.1) is 7.11 Å². The lowest BCUT2D eigenvalue weighted by Crippen LogP contribution is -2.46. The summed E-state index contributed by atoms with van der Waals surface area (Å²) in [5.74, 6) is 1.32. The van der Waals surface area contributed by atoms with Gasteiger partial charge in [0.2, 0.25) is 11.7 Å². The van der Waals surface area contributed by atoms with Crippen LogP contribution in [0.5, 0.6) is 5.75 Å². The molecule has 3 aromatic rings. The minimum atomic E-state index is -0.495. The third kappa shape index (κ3) is 5.69. The van der Waals surface area contributed by atoms with E-state index < -0.39 is 6.04 Å². The van der Waals surface area contributed by atoms with E-state index in [0.717, 1.165) is 43.8 Å². The van der Waals surface area contributed by atoms with Crippen LogP contribution in [0.25, 0.3) is 11.4 Å². The van der Waals surface area contributed by atoms with Crippen molar-refractivity contribution in [3.63, 3.8) is 0 Å². The molecule has 1 atom stereocenters. The maximum absolute atomic E-state index is 13.0. The molecule has 1 fully saturated rings. The average Bonchev–Trinajstić information content (AvgIpc) is 3.31. The third-order valence-electron chi connectivity index (χ3n) is 6.02. The van der Waals surface area contributed by atoms with Crippen LogP contribution < -0.4 is 10.1 Å². The van der Waals surface area contributed by atoms with E-state index in [1.165, 1.54) is 10.4 Å². The van der Waals surface area contributed by atoms with Crippen molar-refractivity contribution in [2.75, 3.05) is 20.2 Å². The maximum Gasteiger partial charge on any atom is 0.247 e. The number of tetrazole rings is 1. The molecular weight excluding hydrogens is 440 g/mol. The summed E-state index contributed by atoms with van der Waals surface area (Å²) in [6.45, 7) is 4.63. The van der Waals surface area contributed by atoms with Crippen LogP contribution in [-0.2, 0) is 11.3 Å². The van der Waals surface area contributed by atoms with Gasteiger partial charge in [0.15, 0.2) is 6.04 Å². The van der Waals surface area contributed by atoms with Crippen molar-refractivity contribution in [2.24, 2.45) is 0 Å². The number of carbonyl (C=O) groups is 1. The first-order valence-corrected chi connectivity index (χ1v) is 11.6. The first-order valence-electron chi connectivity index (χ1n) is 11.3. The number of benzene rings is 2. The van der Waals surface area contributed by atoms with Crippen molar-refractivity contribution in [2.45, 2.75) is 44.8 Å². The zero-order valence-corrected chi connectivity index (χ0v) is 19.7. The summed E-state index contributed by atoms with van der Waals surface area (Å²) in [4.78, 5) is 16.8. The van der Waals surface area contributed by atoms with Gasteiger partial charge in [0.1, 0.15) is 5.75 Å². The smallest absolute Gasteiger partial charge is 0.247 e. The van der Waals surface area contributed by atoms with Gasteiger partial charge >= 0.3 is 0 Å². The molecule has 0 bridgehead atoms. The topological polar surface area (TPSA) is 85.2 Å². The van der Waals surface area contributed by atoms with Crippen molar-refractivity contribution in [3.8, 4) is 17.1 Å². The van der Waals surface area contributed by atoms with E-state index in [2.05, 4.69) is 31.7 Å². The Hall–Kier alpha value is -2.97. The Morgan fingerprint density at radius 2 is 1.91 bits per heavy atom. The Morgan fingerprint density at radius 1 is 1.18 bits per heavy atom. The predicted octanol–water partition coefficient (Wildman–Crippen LogP) is 3.73. The summed E-state index contributed by atoms with van der Waals surface area (Å²) in [5, 5.41) is 16.5. The standard InChI is InChI=1S/C24H29ClN6O2/c1-3-21(31-28-23(27-29-31)17-8-10-19(25)11-9-17)24(32)26-20-12-14-30(15-13-20)16-18-6-4-5-7-22(18)33-2/h4-11,20-21H,3,12-16H2,1-2H3,(H,26,32). The molecule has 174 valence electrons. The maximum atomic E-state index is 13.0. The number of aromatic nitrogens is 4. The number of hydrogen-bond acceptors (Lipinski definition) is 6. The van der Waals surface area contributed by atoms with Crippen LogP contribution in [0.1, 0.15) is 37.8 Å². The Bertz CT molecular complexity index is 1060. The van der Waals surface area contributed by atoms with Crippen LogP contribution in [0.2, 0.25) is 5.02 Å². The molecule has 9 heteroatoms. The van der Waals surface area contributed by atoms with E-state index in [0.29, 0.717) is 17.3 Å². The van der Waals surface area contributed by atoms with Crippen molar-refractivity contribution >= 4 is 17.5 Å². The second-order valence-corrected chi connectivity index (χ2v) is 8.67. The fraction of sp³-hybridized carbons (Fsp3) is 0.417. The van der Waals surface area contributed by atoms with E-state index in [-0.39, 0.29) is 11.9 Å². The summed E-state index contributed by atoms with van der Waals surface area (Å²) in [7, 11) is 1.70. The zero-order valence-electron chi connectivity index (χ0n) is 18.9. The number of hydrogen-bond donors (Lipinski definition) is 1. The van der Waals surface area contributed by atoms with E-state index in [4.69, 9.17) is 16.3 Å². The lowest BCUT2D eigenvalue weighted by molar-refractivity contribution is -0.126. The normalized spacial score (nSPS) is 15.8. The van der Waals surface area contributed by atoms with Crippen molar-refractivity contribution in [3.05, 3.63) is 59.1 Å². The Labute approximate surface area is 198 Å². The molecule has 0 spiro atoms. The largest absolute Gasteiger partial charge is 0.496 e. The molecule has 8 nitrogen and oxygen atoms in total. The number of carbonyl (C=O) groups excluding carboxylic acids is 1. The number of methoxy groups -OCH3 is 1. The summed E-state index contributed by atoms with van der Waals surface area (Å²) in [6, 6.07) is 15.0. The van der Waals surface area contributed by atoms with Crippen LogP contribution in [0.15, 0.2) is 48.5 Å². The van der Waals surface area contributed by atoms with Crippen LogP contribution in [0.3, 0.4) is 0 Å². The van der Waals surface area contributed by atoms with Gasteiger partial charge < -0.3 is 10.1 Å². The molecule has 4 rings (SSSR count). The summed E-state index contributed by atoms with van der Waals surface area (Å²) < 4.78 is 5.47. The van der Waals surface area contributed by atoms with Gasteiger partial charge in [0.25, 0.3) is 0 Å². The molecular formula is C24H29ClN6O2. The minimum absolute atomic E-state index is 0.0688. The predicted molar refractivity (Wildman–Crippen MR) is 127 cm³/mol. The second kappa shape index (κ2) is 10.8. The van der Waals surface area contributed by atoms with Crippen molar-refractivity contribution in [1.29, 1.82) is 0 Å². The van der Waals surface area contributed by atoms with Gasteiger partial charge in [-0.1, -0.05) is 36.7 Å². The molecule has 1 N–H and O–H groups in total. The van der Waals surface area contributed by atoms with Crippen LogP contribution in [0, 0.1) is 0 Å². The van der Waals surface area contributed by atoms with E-state index in [1.807, 2.05) is 37.3 Å². The molecule has 1 amide bonds. The van der Waals surface area contributed by atoms with Gasteiger partial charge in [-0.15, -0.1) is 10.2 Å². The van der Waals surface area contributed by atoms with Crippen molar-refractivity contribution in [1.82, 2.24) is 30.4 Å². The summed E-state index contributed by atoms with van der Waals surface area (Å²) in [5.41, 5.74) is 1.99. The number of likely N-dealkylation sites (tertiary alicyclic amines) is 1. The Morgan fingerprint density at radius 3 is 2.61 bits per heavy atom. The lowest BCUT2D eigenvalue weighted by Gasteiger charge is -2.33. The fourth-order valence-electron chi connectivity index (χ4n) is 4.13. The number of para-hydroxylation sites is 1. The van der Waals surface area contributed by atoms with E-state index >= 15 is 0 Å². The zero-order chi connectivity index (χ0) is 23.2. The minimum Gasteiger partial charge on any atom is -0.496 e. The van der Waals surface area contributed by atoms with E-state index in [1.54, 1.807) is 19.2 Å². The van der Waals surface area contributed by atoms with Crippen LogP contribution in [-0.4, -0.2) is 57.3 Å². The first-order chi connectivity index (χ1) is 16.1. The SMILES string of the molecule is CCC(C(=O)NC1CCN(Cc2ccccc2OC)CC1)n1nnc(-c2ccc(Cl)cc2)n1. The highest BCUT2D eigenvalue weighted by molar-refractivity contribution is 6.30. The molecule has 1 unspecified atom stereocenters. The molecule has 0 aliphatic carbocycles. The van der Waals surface area contributed by atoms with Crippen molar-refractivity contribution < 1.29 is 9.53 Å². The molecule has 2 aromatic carbocycles. The van der Waals surface area contributed by atoms with Gasteiger partial charge in [-0.2, -0.15) is 4.80 Å². The monoisotopic (exact) mass is 468 g/mol. The number of rotatable bonds is 8. The average molecular weight is 469 g/mol. The number of ether oxygens (including phenoxy) is 1. The van der Waals surface area contributed by atoms with E-state index in [9.17, 15) is 4.79 Å². The Kier molecular flexibility index (Phi) is 7.57. The van der Waals surface area contributed by atoms with Gasteiger partial charge in [-0.05, 0) is 54.8 Å². The van der Waals surface area contributed by atoms with Crippen LogP contribution in [0.4, 0.5) is 0 Å². The molecule has 1 aromatic heterocycles. The highest BCUT2D eigenvalue weighted by atomic mass is 35.5. The number of nitrogens with one attached hydrogen (secondary N) is 1.